The number of carbonyl (C=O) groups is 1. The molecule has 0 bridgehead atoms. The van der Waals surface area contributed by atoms with E-state index in [1.54, 1.807) is 24.4 Å². The number of hydrogen-bond donors (Lipinski definition) is 2. The van der Waals surface area contributed by atoms with Crippen molar-refractivity contribution < 1.29 is 14.3 Å². The maximum absolute atomic E-state index is 14.2. The number of carboxylic acid groups (broad SMARTS) is 1. The Morgan fingerprint density at radius 1 is 1.12 bits per heavy atom. The van der Waals surface area contributed by atoms with E-state index in [4.69, 9.17) is 16.7 Å². The van der Waals surface area contributed by atoms with Crippen LogP contribution in [0.15, 0.2) is 49.1 Å². The first-order valence-corrected chi connectivity index (χ1v) is 7.90. The predicted molar refractivity (Wildman–Crippen MR) is 94.5 cm³/mol. The molecule has 0 saturated carbocycles. The van der Waals surface area contributed by atoms with Crippen molar-refractivity contribution in [3.63, 3.8) is 0 Å². The van der Waals surface area contributed by atoms with Crippen molar-refractivity contribution in [2.45, 2.75) is 0 Å². The number of carboxylic acids is 1. The maximum Gasteiger partial charge on any atom is 0.356 e. The van der Waals surface area contributed by atoms with Crippen LogP contribution in [0.3, 0.4) is 0 Å². The summed E-state index contributed by atoms with van der Waals surface area (Å²) in [5, 5.41) is 9.90. The van der Waals surface area contributed by atoms with Crippen LogP contribution in [0.4, 0.5) is 4.39 Å². The maximum atomic E-state index is 14.2. The average molecular weight is 369 g/mol. The Balaban J connectivity index is 1.96. The van der Waals surface area contributed by atoms with E-state index < -0.39 is 5.97 Å². The van der Waals surface area contributed by atoms with Crippen LogP contribution >= 0.6 is 11.6 Å². The van der Waals surface area contributed by atoms with Gasteiger partial charge in [-0.1, -0.05) is 29.8 Å². The number of H-pyrrole nitrogens is 1. The molecule has 2 N–H and O–H groups in total. The quantitative estimate of drug-likeness (QED) is 0.566. The van der Waals surface area contributed by atoms with Gasteiger partial charge >= 0.3 is 5.97 Å². The molecule has 0 radical (unpaired) electrons. The third kappa shape index (κ3) is 2.58. The molecule has 0 aliphatic rings. The zero-order valence-corrected chi connectivity index (χ0v) is 13.8. The summed E-state index contributed by atoms with van der Waals surface area (Å²) >= 11 is 6.56. The zero-order chi connectivity index (χ0) is 18.3. The molecule has 6 nitrogen and oxygen atoms in total. The summed E-state index contributed by atoms with van der Waals surface area (Å²) < 4.78 is 14.2. The van der Waals surface area contributed by atoms with Gasteiger partial charge in [0.05, 0.1) is 23.1 Å². The van der Waals surface area contributed by atoms with Crippen LogP contribution < -0.4 is 0 Å². The molecule has 0 aliphatic carbocycles. The van der Waals surface area contributed by atoms with Crippen molar-refractivity contribution in [3.8, 4) is 22.4 Å². The second kappa shape index (κ2) is 6.20. The van der Waals surface area contributed by atoms with Crippen molar-refractivity contribution in [2.24, 2.45) is 0 Å². The summed E-state index contributed by atoms with van der Waals surface area (Å²) in [5.74, 6) is -1.58. The summed E-state index contributed by atoms with van der Waals surface area (Å²) in [6, 6.07) is 6.34. The lowest BCUT2D eigenvalue weighted by Crippen LogP contribution is -2.02. The summed E-state index contributed by atoms with van der Waals surface area (Å²) in [7, 11) is 0. The topological polar surface area (TPSA) is 91.8 Å². The van der Waals surface area contributed by atoms with E-state index in [-0.39, 0.29) is 22.2 Å². The summed E-state index contributed by atoms with van der Waals surface area (Å²) in [6.45, 7) is 0. The van der Waals surface area contributed by atoms with E-state index >= 15 is 0 Å². The summed E-state index contributed by atoms with van der Waals surface area (Å²) in [4.78, 5) is 26.3. The largest absolute Gasteiger partial charge is 0.476 e. The zero-order valence-electron chi connectivity index (χ0n) is 13.1. The number of aromatic amines is 1. The molecule has 0 spiro atoms. The highest BCUT2D eigenvalue weighted by Crippen LogP contribution is 2.38. The predicted octanol–water partition coefficient (Wildman–Crippen LogP) is 4.18. The van der Waals surface area contributed by atoms with E-state index in [1.165, 1.54) is 18.5 Å². The molecule has 4 aromatic rings. The van der Waals surface area contributed by atoms with Gasteiger partial charge in [0.1, 0.15) is 11.5 Å². The number of hydrogen-bond acceptors (Lipinski definition) is 4. The number of pyridine rings is 1. The standard InChI is InChI=1S/C18H10ClFN4O2/c19-16-11(13-7-21-8-14(24-13)18(25)26)6-23-17-15(16)10(5-22-17)9-3-1-2-4-12(9)20/h1-8H,(H,22,23)(H,25,26). The molecule has 26 heavy (non-hydrogen) atoms. The molecule has 0 amide bonds. The molecule has 4 rings (SSSR count). The smallest absolute Gasteiger partial charge is 0.356 e. The van der Waals surface area contributed by atoms with Gasteiger partial charge < -0.3 is 10.1 Å². The molecule has 3 aromatic heterocycles. The number of aromatic carboxylic acids is 1. The first-order chi connectivity index (χ1) is 12.6. The highest BCUT2D eigenvalue weighted by molar-refractivity contribution is 6.39. The first kappa shape index (κ1) is 16.2. The molecule has 0 aliphatic heterocycles. The fraction of sp³-hybridized carbons (Fsp3) is 0. The number of benzene rings is 1. The lowest BCUT2D eigenvalue weighted by molar-refractivity contribution is 0.0690. The van der Waals surface area contributed by atoms with Gasteiger partial charge in [-0.05, 0) is 6.07 Å². The molecular formula is C18H10ClFN4O2. The van der Waals surface area contributed by atoms with Crippen molar-refractivity contribution >= 4 is 28.6 Å². The van der Waals surface area contributed by atoms with Gasteiger partial charge in [0.15, 0.2) is 5.69 Å². The molecule has 0 saturated heterocycles. The number of nitrogens with one attached hydrogen (secondary N) is 1. The number of rotatable bonds is 3. The van der Waals surface area contributed by atoms with Crippen LogP contribution in [0, 0.1) is 5.82 Å². The first-order valence-electron chi connectivity index (χ1n) is 7.52. The second-order valence-corrected chi connectivity index (χ2v) is 5.86. The van der Waals surface area contributed by atoms with Crippen LogP contribution in [0.25, 0.3) is 33.4 Å². The van der Waals surface area contributed by atoms with Crippen molar-refractivity contribution in [2.75, 3.05) is 0 Å². The van der Waals surface area contributed by atoms with Gasteiger partial charge in [-0.15, -0.1) is 0 Å². The van der Waals surface area contributed by atoms with Crippen LogP contribution in [-0.4, -0.2) is 31.0 Å². The molecule has 8 heteroatoms. The van der Waals surface area contributed by atoms with E-state index in [0.717, 1.165) is 6.20 Å². The van der Waals surface area contributed by atoms with Gasteiger partial charge in [0, 0.05) is 34.5 Å². The Morgan fingerprint density at radius 2 is 1.92 bits per heavy atom. The van der Waals surface area contributed by atoms with Gasteiger partial charge in [-0.25, -0.2) is 19.2 Å². The number of fused-ring (bicyclic) bond motifs is 1. The highest BCUT2D eigenvalue weighted by atomic mass is 35.5. The Labute approximate surface area is 151 Å². The molecule has 0 unspecified atom stereocenters. The Morgan fingerprint density at radius 3 is 2.69 bits per heavy atom. The van der Waals surface area contributed by atoms with Crippen molar-refractivity contribution in [3.05, 3.63) is 65.6 Å². The normalized spacial score (nSPS) is 11.0. The number of nitrogens with zero attached hydrogens (tertiary/aromatic N) is 3. The van der Waals surface area contributed by atoms with Crippen LogP contribution in [0.2, 0.25) is 5.02 Å². The Kier molecular flexibility index (Phi) is 3.85. The van der Waals surface area contributed by atoms with Gasteiger partial charge in [-0.3, -0.25) is 4.98 Å². The fourth-order valence-corrected chi connectivity index (χ4v) is 3.06. The minimum Gasteiger partial charge on any atom is -0.476 e. The van der Waals surface area contributed by atoms with E-state index in [9.17, 15) is 9.18 Å². The van der Waals surface area contributed by atoms with Gasteiger partial charge in [0.25, 0.3) is 0 Å². The lowest BCUT2D eigenvalue weighted by Gasteiger charge is -2.07. The number of halogens is 2. The molecule has 1 aromatic carbocycles. The fourth-order valence-electron chi connectivity index (χ4n) is 2.73. The third-order valence-electron chi connectivity index (χ3n) is 3.93. The molecular weight excluding hydrogens is 359 g/mol. The highest BCUT2D eigenvalue weighted by Gasteiger charge is 2.18. The Bertz CT molecular complexity index is 1160. The van der Waals surface area contributed by atoms with E-state index in [1.807, 2.05) is 0 Å². The minimum absolute atomic E-state index is 0.206. The van der Waals surface area contributed by atoms with Crippen molar-refractivity contribution in [1.29, 1.82) is 0 Å². The van der Waals surface area contributed by atoms with Crippen LogP contribution in [-0.2, 0) is 0 Å². The average Bonchev–Trinajstić information content (AvgIpc) is 3.07. The van der Waals surface area contributed by atoms with Crippen molar-refractivity contribution in [1.82, 2.24) is 19.9 Å². The summed E-state index contributed by atoms with van der Waals surface area (Å²) in [5.41, 5.74) is 1.89. The van der Waals surface area contributed by atoms with Crippen LogP contribution in [0.1, 0.15) is 10.5 Å². The van der Waals surface area contributed by atoms with Gasteiger partial charge in [-0.2, -0.15) is 0 Å². The van der Waals surface area contributed by atoms with Crippen LogP contribution in [0.5, 0.6) is 0 Å². The summed E-state index contributed by atoms with van der Waals surface area (Å²) in [6.07, 6.45) is 5.65. The van der Waals surface area contributed by atoms with E-state index in [2.05, 4.69) is 19.9 Å². The molecule has 0 fully saturated rings. The van der Waals surface area contributed by atoms with Gasteiger partial charge in [0.2, 0.25) is 0 Å². The monoisotopic (exact) mass is 368 g/mol. The Hall–Kier alpha value is -3.32. The second-order valence-electron chi connectivity index (χ2n) is 5.49. The molecule has 128 valence electrons. The third-order valence-corrected chi connectivity index (χ3v) is 4.32. The number of aromatic nitrogens is 4. The minimum atomic E-state index is -1.20. The van der Waals surface area contributed by atoms with E-state index in [0.29, 0.717) is 27.7 Å². The molecule has 0 atom stereocenters. The lowest BCUT2D eigenvalue weighted by atomic mass is 10.0. The SMILES string of the molecule is O=C(O)c1cncc(-c2cnc3[nH]cc(-c4ccccc4F)c3c2Cl)n1. The molecule has 3 heterocycles.